The van der Waals surface area contributed by atoms with Crippen LogP contribution in [0.5, 0.6) is 0 Å². The third-order valence-corrected chi connectivity index (χ3v) is 2.51. The molecule has 1 fully saturated rings. The first-order valence-corrected chi connectivity index (χ1v) is 4.38. The Labute approximate surface area is 67.7 Å². The highest BCUT2D eigenvalue weighted by Crippen LogP contribution is 2.31. The fourth-order valence-electron chi connectivity index (χ4n) is 1.86. The van der Waals surface area contributed by atoms with Crippen molar-refractivity contribution in [2.75, 3.05) is 6.61 Å². The van der Waals surface area contributed by atoms with E-state index in [0.717, 1.165) is 13.0 Å². The highest BCUT2D eigenvalue weighted by atomic mass is 16.5. The lowest BCUT2D eigenvalue weighted by Crippen LogP contribution is -2.25. The molecule has 2 rings (SSSR count). The maximum Gasteiger partial charge on any atom is 0.0824 e. The topological polar surface area (TPSA) is 9.23 Å². The van der Waals surface area contributed by atoms with Crippen LogP contribution in [0.3, 0.4) is 0 Å². The molecule has 0 amide bonds. The summed E-state index contributed by atoms with van der Waals surface area (Å²) in [6.45, 7) is 4.93. The van der Waals surface area contributed by atoms with Crippen LogP contribution in [0.1, 0.15) is 25.7 Å². The van der Waals surface area contributed by atoms with E-state index in [1.54, 1.807) is 0 Å². The van der Waals surface area contributed by atoms with Gasteiger partial charge in [0, 0.05) is 0 Å². The van der Waals surface area contributed by atoms with E-state index in [4.69, 9.17) is 4.74 Å². The van der Waals surface area contributed by atoms with Crippen LogP contribution in [0.2, 0.25) is 0 Å². The van der Waals surface area contributed by atoms with Crippen molar-refractivity contribution in [3.8, 4) is 0 Å². The molecule has 1 saturated heterocycles. The maximum absolute atomic E-state index is 5.62. The van der Waals surface area contributed by atoms with Gasteiger partial charge >= 0.3 is 0 Å². The highest BCUT2D eigenvalue weighted by molar-refractivity contribution is 5.34. The molecule has 1 atom stereocenters. The van der Waals surface area contributed by atoms with E-state index >= 15 is 0 Å². The standard InChI is InChI=1S/C10H14O/c1-8-6-7-11-10-5-3-2-4-9(8)10/h4,10H,1-3,5-7H2. The van der Waals surface area contributed by atoms with Gasteiger partial charge in [-0.05, 0) is 36.8 Å². The summed E-state index contributed by atoms with van der Waals surface area (Å²) in [5.74, 6) is 0. The van der Waals surface area contributed by atoms with Gasteiger partial charge in [0.05, 0.1) is 12.7 Å². The molecule has 0 radical (unpaired) electrons. The fraction of sp³-hybridized carbons (Fsp3) is 0.600. The summed E-state index contributed by atoms with van der Waals surface area (Å²) >= 11 is 0. The fourth-order valence-corrected chi connectivity index (χ4v) is 1.86. The lowest BCUT2D eigenvalue weighted by atomic mass is 9.88. The van der Waals surface area contributed by atoms with Gasteiger partial charge in [-0.2, -0.15) is 0 Å². The van der Waals surface area contributed by atoms with Gasteiger partial charge in [-0.1, -0.05) is 12.7 Å². The summed E-state index contributed by atoms with van der Waals surface area (Å²) in [6.07, 6.45) is 7.42. The first-order chi connectivity index (χ1) is 5.38. The van der Waals surface area contributed by atoms with Crippen LogP contribution in [0.4, 0.5) is 0 Å². The minimum absolute atomic E-state index is 0.394. The highest BCUT2D eigenvalue weighted by Gasteiger charge is 2.23. The van der Waals surface area contributed by atoms with Gasteiger partial charge in [-0.25, -0.2) is 0 Å². The van der Waals surface area contributed by atoms with Crippen molar-refractivity contribution in [2.45, 2.75) is 31.8 Å². The van der Waals surface area contributed by atoms with Crippen molar-refractivity contribution in [3.05, 3.63) is 23.8 Å². The molecule has 1 aliphatic carbocycles. The lowest BCUT2D eigenvalue weighted by Gasteiger charge is -2.30. The van der Waals surface area contributed by atoms with Crippen LogP contribution in [0.15, 0.2) is 23.8 Å². The molecule has 1 aliphatic heterocycles. The Hall–Kier alpha value is -0.560. The zero-order chi connectivity index (χ0) is 7.68. The second-order valence-electron chi connectivity index (χ2n) is 3.30. The number of hydrogen-bond acceptors (Lipinski definition) is 1. The van der Waals surface area contributed by atoms with Crippen LogP contribution in [-0.4, -0.2) is 12.7 Å². The average molecular weight is 150 g/mol. The molecule has 2 aliphatic rings. The van der Waals surface area contributed by atoms with Gasteiger partial charge in [-0.15, -0.1) is 0 Å². The second kappa shape index (κ2) is 2.82. The largest absolute Gasteiger partial charge is 0.373 e. The van der Waals surface area contributed by atoms with Crippen molar-refractivity contribution in [3.63, 3.8) is 0 Å². The minimum atomic E-state index is 0.394. The monoisotopic (exact) mass is 150 g/mol. The Morgan fingerprint density at radius 3 is 3.27 bits per heavy atom. The predicted molar refractivity (Wildman–Crippen MR) is 45.4 cm³/mol. The number of allylic oxidation sites excluding steroid dienone is 1. The summed E-state index contributed by atoms with van der Waals surface area (Å²) in [7, 11) is 0. The van der Waals surface area contributed by atoms with Crippen LogP contribution >= 0.6 is 0 Å². The molecular weight excluding hydrogens is 136 g/mol. The quantitative estimate of drug-likeness (QED) is 0.515. The molecule has 0 saturated carbocycles. The van der Waals surface area contributed by atoms with E-state index in [0.29, 0.717) is 6.10 Å². The van der Waals surface area contributed by atoms with Crippen LogP contribution in [-0.2, 0) is 4.74 Å². The number of fused-ring (bicyclic) bond motifs is 1. The first-order valence-electron chi connectivity index (χ1n) is 4.38. The Balaban J connectivity index is 2.21. The molecule has 1 heterocycles. The smallest absolute Gasteiger partial charge is 0.0824 e. The van der Waals surface area contributed by atoms with Crippen LogP contribution in [0.25, 0.3) is 0 Å². The number of hydrogen-bond donors (Lipinski definition) is 0. The first kappa shape index (κ1) is 7.11. The van der Waals surface area contributed by atoms with Crippen molar-refractivity contribution in [2.24, 2.45) is 0 Å². The lowest BCUT2D eigenvalue weighted by molar-refractivity contribution is 0.0568. The van der Waals surface area contributed by atoms with E-state index < -0.39 is 0 Å². The summed E-state index contributed by atoms with van der Waals surface area (Å²) in [4.78, 5) is 0. The van der Waals surface area contributed by atoms with Crippen LogP contribution in [0, 0.1) is 0 Å². The van der Waals surface area contributed by atoms with Crippen molar-refractivity contribution in [1.82, 2.24) is 0 Å². The van der Waals surface area contributed by atoms with E-state index in [2.05, 4.69) is 12.7 Å². The van der Waals surface area contributed by atoms with Gasteiger partial charge in [-0.3, -0.25) is 0 Å². The molecule has 1 nitrogen and oxygen atoms in total. The van der Waals surface area contributed by atoms with Crippen molar-refractivity contribution >= 4 is 0 Å². The third-order valence-electron chi connectivity index (χ3n) is 2.51. The molecule has 1 unspecified atom stereocenters. The summed E-state index contributed by atoms with van der Waals surface area (Å²) in [6, 6.07) is 0. The molecule has 0 spiro atoms. The van der Waals surface area contributed by atoms with E-state index in [-0.39, 0.29) is 0 Å². The summed E-state index contributed by atoms with van der Waals surface area (Å²) in [5, 5.41) is 0. The van der Waals surface area contributed by atoms with Crippen molar-refractivity contribution in [1.29, 1.82) is 0 Å². The zero-order valence-electron chi connectivity index (χ0n) is 6.81. The maximum atomic E-state index is 5.62. The van der Waals surface area contributed by atoms with Gasteiger partial charge in [0.25, 0.3) is 0 Å². The minimum Gasteiger partial charge on any atom is -0.373 e. The molecular formula is C10H14O. The van der Waals surface area contributed by atoms with Gasteiger partial charge < -0.3 is 4.74 Å². The van der Waals surface area contributed by atoms with Crippen molar-refractivity contribution < 1.29 is 4.74 Å². The van der Waals surface area contributed by atoms with Gasteiger partial charge in [0.2, 0.25) is 0 Å². The number of ether oxygens (including phenoxy) is 1. The van der Waals surface area contributed by atoms with E-state index in [9.17, 15) is 0 Å². The van der Waals surface area contributed by atoms with E-state index in [1.165, 1.54) is 30.4 Å². The molecule has 0 aromatic heterocycles. The molecule has 11 heavy (non-hydrogen) atoms. The Morgan fingerprint density at radius 2 is 2.45 bits per heavy atom. The molecule has 0 aromatic rings. The third kappa shape index (κ3) is 1.25. The Kier molecular flexibility index (Phi) is 1.82. The predicted octanol–water partition coefficient (Wildman–Crippen LogP) is 2.44. The SMILES string of the molecule is C=C1CCOC2CCCC=C12. The Morgan fingerprint density at radius 1 is 1.55 bits per heavy atom. The normalized spacial score (nSPS) is 31.1. The summed E-state index contributed by atoms with van der Waals surface area (Å²) < 4.78 is 5.62. The molecule has 60 valence electrons. The summed E-state index contributed by atoms with van der Waals surface area (Å²) in [5.41, 5.74) is 2.70. The van der Waals surface area contributed by atoms with E-state index in [1.807, 2.05) is 0 Å². The molecule has 0 N–H and O–H groups in total. The average Bonchev–Trinajstić information content (AvgIpc) is 2.06. The van der Waals surface area contributed by atoms with Gasteiger partial charge in [0.1, 0.15) is 0 Å². The molecule has 0 bridgehead atoms. The molecule has 0 aromatic carbocycles. The van der Waals surface area contributed by atoms with Crippen LogP contribution < -0.4 is 0 Å². The Bertz CT molecular complexity index is 203. The zero-order valence-corrected chi connectivity index (χ0v) is 6.81. The number of rotatable bonds is 0. The molecule has 1 heteroatoms. The second-order valence-corrected chi connectivity index (χ2v) is 3.30. The van der Waals surface area contributed by atoms with Gasteiger partial charge in [0.15, 0.2) is 0 Å².